The van der Waals surface area contributed by atoms with Gasteiger partial charge in [-0.05, 0) is 30.4 Å². The zero-order valence-corrected chi connectivity index (χ0v) is 14.0. The van der Waals surface area contributed by atoms with E-state index in [9.17, 15) is 0 Å². The van der Waals surface area contributed by atoms with E-state index >= 15 is 0 Å². The van der Waals surface area contributed by atoms with Gasteiger partial charge in [-0.25, -0.2) is 15.0 Å². The SMILES string of the molecule is Nc1nccc(C=Cc2c(-c3ccc(Cl)cc3)nc3sccn23)n1. The van der Waals surface area contributed by atoms with Gasteiger partial charge in [0.1, 0.15) is 0 Å². The molecule has 4 aromatic rings. The molecule has 0 fully saturated rings. The van der Waals surface area contributed by atoms with E-state index in [1.54, 1.807) is 23.6 Å². The first kappa shape index (κ1) is 14.9. The van der Waals surface area contributed by atoms with E-state index in [1.165, 1.54) is 0 Å². The summed E-state index contributed by atoms with van der Waals surface area (Å²) in [7, 11) is 0. The predicted molar refractivity (Wildman–Crippen MR) is 98.9 cm³/mol. The largest absolute Gasteiger partial charge is 0.368 e. The maximum Gasteiger partial charge on any atom is 0.220 e. The van der Waals surface area contributed by atoms with Crippen molar-refractivity contribution in [1.29, 1.82) is 0 Å². The van der Waals surface area contributed by atoms with Gasteiger partial charge in [0.25, 0.3) is 0 Å². The lowest BCUT2D eigenvalue weighted by atomic mass is 10.1. The zero-order valence-electron chi connectivity index (χ0n) is 12.4. The average Bonchev–Trinajstić information content (AvgIpc) is 3.15. The number of thiazole rings is 1. The number of rotatable bonds is 3. The van der Waals surface area contributed by atoms with Gasteiger partial charge in [0.2, 0.25) is 5.95 Å². The highest BCUT2D eigenvalue weighted by Crippen LogP contribution is 2.29. The molecule has 0 atom stereocenters. The van der Waals surface area contributed by atoms with E-state index in [0.717, 1.165) is 27.6 Å². The van der Waals surface area contributed by atoms with Gasteiger partial charge in [-0.3, -0.25) is 4.40 Å². The van der Waals surface area contributed by atoms with E-state index in [-0.39, 0.29) is 5.95 Å². The third kappa shape index (κ3) is 2.77. The molecule has 0 aliphatic carbocycles. The van der Waals surface area contributed by atoms with Crippen LogP contribution < -0.4 is 5.73 Å². The Hall–Kier alpha value is -2.70. The van der Waals surface area contributed by atoms with Gasteiger partial charge in [0.15, 0.2) is 4.96 Å². The van der Waals surface area contributed by atoms with Gasteiger partial charge in [0, 0.05) is 28.4 Å². The number of benzene rings is 1. The summed E-state index contributed by atoms with van der Waals surface area (Å²) >= 11 is 7.58. The molecule has 0 unspecified atom stereocenters. The molecule has 2 N–H and O–H groups in total. The first-order valence-corrected chi connectivity index (χ1v) is 8.44. The van der Waals surface area contributed by atoms with Crippen molar-refractivity contribution < 1.29 is 0 Å². The Labute approximate surface area is 147 Å². The zero-order chi connectivity index (χ0) is 16.5. The number of fused-ring (bicyclic) bond motifs is 1. The number of imidazole rings is 1. The van der Waals surface area contributed by atoms with Crippen LogP contribution in [0.2, 0.25) is 5.02 Å². The molecule has 24 heavy (non-hydrogen) atoms. The fourth-order valence-corrected chi connectivity index (χ4v) is 3.28. The van der Waals surface area contributed by atoms with Crippen LogP contribution in [0.15, 0.2) is 48.1 Å². The number of aromatic nitrogens is 4. The van der Waals surface area contributed by atoms with Crippen LogP contribution >= 0.6 is 22.9 Å². The summed E-state index contributed by atoms with van der Waals surface area (Å²) in [6.07, 6.45) is 7.52. The highest BCUT2D eigenvalue weighted by atomic mass is 35.5. The van der Waals surface area contributed by atoms with Crippen LogP contribution in [0.4, 0.5) is 5.95 Å². The summed E-state index contributed by atoms with van der Waals surface area (Å²) in [5, 5.41) is 2.71. The van der Waals surface area contributed by atoms with Gasteiger partial charge in [-0.15, -0.1) is 11.3 Å². The molecule has 0 saturated carbocycles. The molecule has 5 nitrogen and oxygen atoms in total. The van der Waals surface area contributed by atoms with Crippen molar-refractivity contribution in [3.63, 3.8) is 0 Å². The minimum absolute atomic E-state index is 0.254. The average molecular weight is 354 g/mol. The van der Waals surface area contributed by atoms with Gasteiger partial charge >= 0.3 is 0 Å². The Morgan fingerprint density at radius 2 is 1.92 bits per heavy atom. The predicted octanol–water partition coefficient (Wildman–Crippen LogP) is 4.26. The molecule has 0 amide bonds. The fraction of sp³-hybridized carbons (Fsp3) is 0. The Balaban J connectivity index is 1.82. The normalized spacial score (nSPS) is 11.5. The minimum Gasteiger partial charge on any atom is -0.368 e. The number of anilines is 1. The highest BCUT2D eigenvalue weighted by Gasteiger charge is 2.12. The lowest BCUT2D eigenvalue weighted by molar-refractivity contribution is 1.17. The smallest absolute Gasteiger partial charge is 0.220 e. The maximum atomic E-state index is 5.99. The summed E-state index contributed by atoms with van der Waals surface area (Å²) < 4.78 is 2.05. The van der Waals surface area contributed by atoms with Crippen molar-refractivity contribution >= 4 is 46.0 Å². The van der Waals surface area contributed by atoms with E-state index in [1.807, 2.05) is 48.0 Å². The van der Waals surface area contributed by atoms with Crippen LogP contribution in [-0.2, 0) is 0 Å². The highest BCUT2D eigenvalue weighted by molar-refractivity contribution is 7.15. The molecular formula is C17H12ClN5S. The van der Waals surface area contributed by atoms with Crippen LogP contribution in [0.1, 0.15) is 11.4 Å². The molecule has 4 rings (SSSR count). The summed E-state index contributed by atoms with van der Waals surface area (Å²) in [6, 6.07) is 9.47. The van der Waals surface area contributed by atoms with Gasteiger partial charge < -0.3 is 5.73 Å². The van der Waals surface area contributed by atoms with Crippen LogP contribution in [-0.4, -0.2) is 19.4 Å². The molecule has 3 heterocycles. The van der Waals surface area contributed by atoms with Crippen molar-refractivity contribution in [3.8, 4) is 11.3 Å². The molecule has 1 aromatic carbocycles. The van der Waals surface area contributed by atoms with Crippen LogP contribution in [0.5, 0.6) is 0 Å². The third-order valence-electron chi connectivity index (χ3n) is 3.52. The van der Waals surface area contributed by atoms with Gasteiger partial charge in [0.05, 0.1) is 17.1 Å². The monoisotopic (exact) mass is 353 g/mol. The molecule has 0 aliphatic heterocycles. The number of nitrogens with two attached hydrogens (primary N) is 1. The first-order valence-electron chi connectivity index (χ1n) is 7.19. The van der Waals surface area contributed by atoms with E-state index < -0.39 is 0 Å². The third-order valence-corrected chi connectivity index (χ3v) is 4.53. The molecule has 0 bridgehead atoms. The molecular weight excluding hydrogens is 342 g/mol. The van der Waals surface area contributed by atoms with E-state index in [4.69, 9.17) is 22.3 Å². The second kappa shape index (κ2) is 6.07. The molecule has 118 valence electrons. The maximum absolute atomic E-state index is 5.99. The first-order chi connectivity index (χ1) is 11.7. The lowest BCUT2D eigenvalue weighted by Gasteiger charge is -2.01. The lowest BCUT2D eigenvalue weighted by Crippen LogP contribution is -1.94. The number of halogens is 1. The summed E-state index contributed by atoms with van der Waals surface area (Å²) in [5.74, 6) is 0.254. The van der Waals surface area contributed by atoms with Gasteiger partial charge in [-0.1, -0.05) is 23.7 Å². The second-order valence-corrected chi connectivity index (χ2v) is 6.39. The summed E-state index contributed by atoms with van der Waals surface area (Å²) in [5.41, 5.74) is 9.27. The van der Waals surface area contributed by atoms with E-state index in [2.05, 4.69) is 14.4 Å². The summed E-state index contributed by atoms with van der Waals surface area (Å²) in [6.45, 7) is 0. The minimum atomic E-state index is 0.254. The van der Waals surface area contributed by atoms with Crippen LogP contribution in [0.25, 0.3) is 28.4 Å². The number of hydrogen-bond acceptors (Lipinski definition) is 5. The fourth-order valence-electron chi connectivity index (χ4n) is 2.43. The standard InChI is InChI=1S/C17H12ClN5S/c18-12-3-1-11(2-4-12)15-14(23-9-10-24-17(23)22-15)6-5-13-7-8-20-16(19)21-13/h1-10H,(H2,19,20,21). The molecule has 7 heteroatoms. The Bertz CT molecular complexity index is 1030. The quantitative estimate of drug-likeness (QED) is 0.597. The van der Waals surface area contributed by atoms with Crippen LogP contribution in [0.3, 0.4) is 0 Å². The van der Waals surface area contributed by atoms with Crippen molar-refractivity contribution in [2.24, 2.45) is 0 Å². The number of nitrogens with zero attached hydrogens (tertiary/aromatic N) is 4. The molecule has 0 radical (unpaired) electrons. The van der Waals surface area contributed by atoms with Crippen LogP contribution in [0, 0.1) is 0 Å². The Morgan fingerprint density at radius 3 is 2.71 bits per heavy atom. The molecule has 0 saturated heterocycles. The summed E-state index contributed by atoms with van der Waals surface area (Å²) in [4.78, 5) is 13.8. The topological polar surface area (TPSA) is 69.1 Å². The number of nitrogen functional groups attached to an aromatic ring is 1. The van der Waals surface area contributed by atoms with Crippen molar-refractivity contribution in [2.45, 2.75) is 0 Å². The second-order valence-electron chi connectivity index (χ2n) is 5.08. The molecule has 0 spiro atoms. The molecule has 0 aliphatic rings. The Kier molecular flexibility index (Phi) is 3.76. The van der Waals surface area contributed by atoms with Crippen molar-refractivity contribution in [2.75, 3.05) is 5.73 Å². The van der Waals surface area contributed by atoms with Crippen molar-refractivity contribution in [1.82, 2.24) is 19.4 Å². The van der Waals surface area contributed by atoms with Crippen molar-refractivity contribution in [3.05, 3.63) is 64.5 Å². The number of hydrogen-bond donors (Lipinski definition) is 1. The van der Waals surface area contributed by atoms with E-state index in [0.29, 0.717) is 5.02 Å². The Morgan fingerprint density at radius 1 is 1.08 bits per heavy atom. The van der Waals surface area contributed by atoms with Gasteiger partial charge in [-0.2, -0.15) is 0 Å². The molecule has 3 aromatic heterocycles.